The number of nitrogens with one attached hydrogen (secondary N) is 1. The molecular weight excluding hydrogens is 378 g/mol. The molecule has 0 aliphatic rings. The standard InChI is InChI=1S/C21H27NO5S/c1-14(2)19(20(24)27-21(3,4)5)22-28(25,26)18-12-8-16(9-13-18)15-6-10-17(23)11-7-15/h6-14,19,22-23H,1-5H3. The number of sulfonamides is 1. The van der Waals surface area contributed by atoms with Gasteiger partial charge in [-0.15, -0.1) is 0 Å². The number of rotatable bonds is 6. The van der Waals surface area contributed by atoms with E-state index in [0.29, 0.717) is 0 Å². The third kappa shape index (κ3) is 5.81. The van der Waals surface area contributed by atoms with Crippen molar-refractivity contribution in [3.05, 3.63) is 48.5 Å². The van der Waals surface area contributed by atoms with E-state index in [0.717, 1.165) is 11.1 Å². The smallest absolute Gasteiger partial charge is 0.324 e. The monoisotopic (exact) mass is 405 g/mol. The summed E-state index contributed by atoms with van der Waals surface area (Å²) >= 11 is 0. The zero-order chi connectivity index (χ0) is 21.1. The third-order valence-corrected chi connectivity index (χ3v) is 5.43. The Labute approximate surface area is 166 Å². The van der Waals surface area contributed by atoms with E-state index in [1.165, 1.54) is 12.1 Å². The first-order chi connectivity index (χ1) is 12.9. The Balaban J connectivity index is 2.22. The molecule has 0 aliphatic carbocycles. The third-order valence-electron chi connectivity index (χ3n) is 3.97. The van der Waals surface area contributed by atoms with Crippen LogP contribution >= 0.6 is 0 Å². The highest BCUT2D eigenvalue weighted by molar-refractivity contribution is 7.89. The quantitative estimate of drug-likeness (QED) is 0.715. The van der Waals surface area contributed by atoms with E-state index in [1.54, 1.807) is 71.0 Å². The molecule has 0 bridgehead atoms. The highest BCUT2D eigenvalue weighted by atomic mass is 32.2. The Kier molecular flexibility index (Phi) is 6.52. The molecule has 6 nitrogen and oxygen atoms in total. The summed E-state index contributed by atoms with van der Waals surface area (Å²) in [5, 5.41) is 9.37. The maximum atomic E-state index is 12.8. The highest BCUT2D eigenvalue weighted by Gasteiger charge is 2.32. The average molecular weight is 406 g/mol. The summed E-state index contributed by atoms with van der Waals surface area (Å²) in [5.41, 5.74) is 0.955. The molecule has 0 saturated heterocycles. The van der Waals surface area contributed by atoms with Gasteiger partial charge in [0.1, 0.15) is 17.4 Å². The first-order valence-corrected chi connectivity index (χ1v) is 10.5. The van der Waals surface area contributed by atoms with Crippen molar-refractivity contribution in [2.45, 2.75) is 51.2 Å². The second-order valence-corrected chi connectivity index (χ2v) is 9.66. The van der Waals surface area contributed by atoms with E-state index in [4.69, 9.17) is 4.74 Å². The van der Waals surface area contributed by atoms with Gasteiger partial charge < -0.3 is 9.84 Å². The fourth-order valence-electron chi connectivity index (χ4n) is 2.54. The SMILES string of the molecule is CC(C)C(NS(=O)(=O)c1ccc(-c2ccc(O)cc2)cc1)C(=O)OC(C)(C)C. The van der Waals surface area contributed by atoms with Gasteiger partial charge in [0.05, 0.1) is 4.90 Å². The van der Waals surface area contributed by atoms with Crippen LogP contribution in [0.25, 0.3) is 11.1 Å². The van der Waals surface area contributed by atoms with Gasteiger partial charge in [0.15, 0.2) is 0 Å². The second kappa shape index (κ2) is 8.32. The molecule has 0 fully saturated rings. The summed E-state index contributed by atoms with van der Waals surface area (Å²) in [5.74, 6) is -0.721. The number of phenols is 1. The Morgan fingerprint density at radius 2 is 1.43 bits per heavy atom. The van der Waals surface area contributed by atoms with Gasteiger partial charge >= 0.3 is 5.97 Å². The lowest BCUT2D eigenvalue weighted by Gasteiger charge is -2.26. The normalized spacial score (nSPS) is 13.4. The maximum absolute atomic E-state index is 12.8. The summed E-state index contributed by atoms with van der Waals surface area (Å²) < 4.78 is 33.3. The van der Waals surface area contributed by atoms with Crippen molar-refractivity contribution in [1.82, 2.24) is 4.72 Å². The molecule has 0 heterocycles. The van der Waals surface area contributed by atoms with Crippen LogP contribution in [0.3, 0.4) is 0 Å². The minimum absolute atomic E-state index is 0.0595. The summed E-state index contributed by atoms with van der Waals surface area (Å²) in [4.78, 5) is 12.5. The van der Waals surface area contributed by atoms with E-state index in [1.807, 2.05) is 0 Å². The van der Waals surface area contributed by atoms with Crippen LogP contribution in [0.4, 0.5) is 0 Å². The molecule has 0 aliphatic heterocycles. The minimum atomic E-state index is -3.90. The fraction of sp³-hybridized carbons (Fsp3) is 0.381. The Morgan fingerprint density at radius 3 is 1.86 bits per heavy atom. The van der Waals surface area contributed by atoms with Crippen LogP contribution in [0.5, 0.6) is 5.75 Å². The Morgan fingerprint density at radius 1 is 0.964 bits per heavy atom. The van der Waals surface area contributed by atoms with Crippen LogP contribution < -0.4 is 4.72 Å². The average Bonchev–Trinajstić information content (AvgIpc) is 2.59. The molecule has 0 saturated carbocycles. The number of ether oxygens (including phenoxy) is 1. The molecule has 2 N–H and O–H groups in total. The molecule has 7 heteroatoms. The maximum Gasteiger partial charge on any atom is 0.324 e. The van der Waals surface area contributed by atoms with Gasteiger partial charge in [-0.1, -0.05) is 38.1 Å². The number of aromatic hydroxyl groups is 1. The zero-order valence-corrected chi connectivity index (χ0v) is 17.6. The van der Waals surface area contributed by atoms with Crippen LogP contribution in [0.15, 0.2) is 53.4 Å². The summed E-state index contributed by atoms with van der Waals surface area (Å²) in [6.45, 7) is 8.71. The van der Waals surface area contributed by atoms with Crippen LogP contribution in [0, 0.1) is 5.92 Å². The molecular formula is C21H27NO5S. The van der Waals surface area contributed by atoms with Gasteiger partial charge in [-0.25, -0.2) is 8.42 Å². The van der Waals surface area contributed by atoms with Gasteiger partial charge in [0, 0.05) is 0 Å². The van der Waals surface area contributed by atoms with Gasteiger partial charge in [0.25, 0.3) is 0 Å². The molecule has 1 unspecified atom stereocenters. The zero-order valence-electron chi connectivity index (χ0n) is 16.8. The molecule has 0 spiro atoms. The first kappa shape index (κ1) is 21.9. The first-order valence-electron chi connectivity index (χ1n) is 9.04. The molecule has 28 heavy (non-hydrogen) atoms. The number of esters is 1. The van der Waals surface area contributed by atoms with Crippen molar-refractivity contribution in [1.29, 1.82) is 0 Å². The summed E-state index contributed by atoms with van der Waals surface area (Å²) in [6, 6.07) is 12.0. The van der Waals surface area contributed by atoms with Gasteiger partial charge in [0.2, 0.25) is 10.0 Å². The van der Waals surface area contributed by atoms with Crippen molar-refractivity contribution in [3.8, 4) is 16.9 Å². The van der Waals surface area contributed by atoms with Gasteiger partial charge in [-0.2, -0.15) is 4.72 Å². The van der Waals surface area contributed by atoms with E-state index >= 15 is 0 Å². The molecule has 2 rings (SSSR count). The number of phenolic OH excluding ortho intramolecular Hbond substituents is 1. The number of benzene rings is 2. The van der Waals surface area contributed by atoms with Gasteiger partial charge in [-0.05, 0) is 62.1 Å². The molecule has 2 aromatic rings. The topological polar surface area (TPSA) is 92.7 Å². The van der Waals surface area contributed by atoms with E-state index in [9.17, 15) is 18.3 Å². The van der Waals surface area contributed by atoms with Crippen LogP contribution in [-0.4, -0.2) is 31.1 Å². The minimum Gasteiger partial charge on any atom is -0.508 e. The lowest BCUT2D eigenvalue weighted by molar-refractivity contribution is -0.158. The fourth-order valence-corrected chi connectivity index (χ4v) is 3.87. The number of carbonyl (C=O) groups is 1. The molecule has 0 radical (unpaired) electrons. The van der Waals surface area contributed by atoms with Crippen LogP contribution in [0.1, 0.15) is 34.6 Å². The van der Waals surface area contributed by atoms with Crippen LogP contribution in [0.2, 0.25) is 0 Å². The predicted molar refractivity (Wildman–Crippen MR) is 108 cm³/mol. The van der Waals surface area contributed by atoms with Crippen molar-refractivity contribution in [3.63, 3.8) is 0 Å². The van der Waals surface area contributed by atoms with Crippen molar-refractivity contribution < 1.29 is 23.1 Å². The second-order valence-electron chi connectivity index (χ2n) is 7.95. The van der Waals surface area contributed by atoms with E-state index in [-0.39, 0.29) is 16.6 Å². The van der Waals surface area contributed by atoms with Crippen molar-refractivity contribution in [2.75, 3.05) is 0 Å². The molecule has 152 valence electrons. The molecule has 1 atom stereocenters. The Hall–Kier alpha value is -2.38. The number of carbonyl (C=O) groups excluding carboxylic acids is 1. The Bertz CT molecular complexity index is 911. The lowest BCUT2D eigenvalue weighted by Crippen LogP contribution is -2.47. The summed E-state index contributed by atoms with van der Waals surface area (Å²) in [7, 11) is -3.90. The number of hydrogen-bond donors (Lipinski definition) is 2. The van der Waals surface area contributed by atoms with E-state index < -0.39 is 27.6 Å². The van der Waals surface area contributed by atoms with E-state index in [2.05, 4.69) is 4.72 Å². The van der Waals surface area contributed by atoms with Gasteiger partial charge in [-0.3, -0.25) is 4.79 Å². The van der Waals surface area contributed by atoms with Crippen LogP contribution in [-0.2, 0) is 19.6 Å². The predicted octanol–water partition coefficient (Wildman–Crippen LogP) is 3.70. The summed E-state index contributed by atoms with van der Waals surface area (Å²) in [6.07, 6.45) is 0. The molecule has 0 amide bonds. The largest absolute Gasteiger partial charge is 0.508 e. The highest BCUT2D eigenvalue weighted by Crippen LogP contribution is 2.24. The van der Waals surface area contributed by atoms with Crippen molar-refractivity contribution in [2.24, 2.45) is 5.92 Å². The van der Waals surface area contributed by atoms with Crippen molar-refractivity contribution >= 4 is 16.0 Å². The number of hydrogen-bond acceptors (Lipinski definition) is 5. The molecule has 2 aromatic carbocycles. The lowest BCUT2D eigenvalue weighted by atomic mass is 10.1. The molecule has 0 aromatic heterocycles.